The highest BCUT2D eigenvalue weighted by Gasteiger charge is 2.76. The number of Topliss-reactive ketones (excluding diaryl/α,β-unsaturated/α-hetero) is 3. The van der Waals surface area contributed by atoms with Gasteiger partial charge in [-0.2, -0.15) is 0 Å². The van der Waals surface area contributed by atoms with Gasteiger partial charge in [0.05, 0.1) is 29.8 Å². The van der Waals surface area contributed by atoms with E-state index in [1.165, 1.54) is 13.0 Å². The van der Waals surface area contributed by atoms with E-state index in [4.69, 9.17) is 9.47 Å². The zero-order valence-corrected chi connectivity index (χ0v) is 29.6. The Morgan fingerprint density at radius 3 is 2.12 bits per heavy atom. The van der Waals surface area contributed by atoms with Crippen LogP contribution < -0.4 is 0 Å². The summed E-state index contributed by atoms with van der Waals surface area (Å²) in [5.74, 6) is -4.42. The predicted molar refractivity (Wildman–Crippen MR) is 172 cm³/mol. The van der Waals surface area contributed by atoms with Gasteiger partial charge in [0, 0.05) is 36.0 Å². The largest absolute Gasteiger partial charge is 0.459 e. The second-order valence-corrected chi connectivity index (χ2v) is 17.2. The van der Waals surface area contributed by atoms with Crippen LogP contribution in [0.15, 0.2) is 23.5 Å². The Kier molecular flexibility index (Phi) is 9.34. The average molecular weight is 695 g/mol. The van der Waals surface area contributed by atoms with Gasteiger partial charge in [0.2, 0.25) is 12.1 Å². The fourth-order valence-corrected chi connectivity index (χ4v) is 10.3. The molecule has 0 bridgehead atoms. The first-order chi connectivity index (χ1) is 22.3. The number of allylic oxidation sites excluding steroid dienone is 3. The number of carbonyl (C=O) groups excluding carboxylic acids is 3. The van der Waals surface area contributed by atoms with E-state index in [1.807, 2.05) is 6.92 Å². The Labute approximate surface area is 286 Å². The lowest BCUT2D eigenvalue weighted by molar-refractivity contribution is -0.291. The topological polar surface area (TPSA) is 232 Å². The molecule has 0 spiro atoms. The van der Waals surface area contributed by atoms with Gasteiger partial charge in [0.15, 0.2) is 11.5 Å². The third kappa shape index (κ3) is 5.50. The number of hydrogen-bond acceptors (Lipinski definition) is 13. The summed E-state index contributed by atoms with van der Waals surface area (Å²) in [6, 6.07) is 0. The molecule has 1 aliphatic heterocycles. The summed E-state index contributed by atoms with van der Waals surface area (Å²) in [4.78, 5) is 42.1. The van der Waals surface area contributed by atoms with Crippen molar-refractivity contribution in [3.8, 4) is 0 Å². The fraction of sp³-hybridized carbons (Fsp3) is 0.806. The molecule has 0 aromatic carbocycles. The first-order valence-electron chi connectivity index (χ1n) is 17.1. The Balaban J connectivity index is 1.57. The van der Waals surface area contributed by atoms with E-state index in [0.29, 0.717) is 5.57 Å². The number of carbonyl (C=O) groups is 3. The molecule has 8 N–H and O–H groups in total. The third-order valence-corrected chi connectivity index (χ3v) is 13.2. The number of ether oxygens (including phenoxy) is 2. The monoisotopic (exact) mass is 694 g/mol. The molecule has 276 valence electrons. The standard InChI is InChI=1S/C36H54O13/c1-31(2,46)10-9-22(40)36(8,47)28-19(39)13-33(5)27-18(38)11-16-17(35(27,7)23(41)14-34(28,33)6)12-20(29(45)32(16,3)4)48-30-26(44)25(43)24(42)21(15-37)49-30/h11-12,17-19,21,24-28,30,37-39,42-44,46-47H,9-10,13-15H2,1-8H3/t17-,18+,19-,21-,24-,25+,26-,27+,28+,30-,33+,34-,35-,36+/m1/s1. The van der Waals surface area contributed by atoms with Crippen LogP contribution in [0.1, 0.15) is 81.1 Å². The lowest BCUT2D eigenvalue weighted by Gasteiger charge is -2.64. The summed E-state index contributed by atoms with van der Waals surface area (Å²) in [6.45, 7) is 12.3. The van der Waals surface area contributed by atoms with E-state index in [1.54, 1.807) is 47.6 Å². The molecule has 1 heterocycles. The highest BCUT2D eigenvalue weighted by Crippen LogP contribution is 2.74. The van der Waals surface area contributed by atoms with Gasteiger partial charge >= 0.3 is 0 Å². The van der Waals surface area contributed by atoms with Crippen LogP contribution in [-0.4, -0.2) is 119 Å². The smallest absolute Gasteiger partial charge is 0.229 e. The molecule has 0 aromatic rings. The van der Waals surface area contributed by atoms with Crippen molar-refractivity contribution in [2.45, 2.75) is 135 Å². The number of fused-ring (bicyclic) bond motifs is 5. The van der Waals surface area contributed by atoms with E-state index in [9.17, 15) is 55.2 Å². The summed E-state index contributed by atoms with van der Waals surface area (Å²) in [5.41, 5.74) is -7.59. The van der Waals surface area contributed by atoms with Crippen molar-refractivity contribution in [2.24, 2.45) is 39.4 Å². The van der Waals surface area contributed by atoms with Crippen molar-refractivity contribution in [3.05, 3.63) is 23.5 Å². The van der Waals surface area contributed by atoms with E-state index in [0.717, 1.165) is 0 Å². The van der Waals surface area contributed by atoms with Gasteiger partial charge in [-0.3, -0.25) is 14.4 Å². The Hall–Kier alpha value is -2.07. The lowest BCUT2D eigenvalue weighted by Crippen LogP contribution is -2.67. The summed E-state index contributed by atoms with van der Waals surface area (Å²) in [5, 5.41) is 86.5. The van der Waals surface area contributed by atoms with E-state index < -0.39 is 112 Å². The van der Waals surface area contributed by atoms with Crippen LogP contribution in [0.25, 0.3) is 0 Å². The first kappa shape index (κ1) is 38.2. The maximum absolute atomic E-state index is 14.7. The second kappa shape index (κ2) is 12.0. The molecule has 0 unspecified atom stereocenters. The number of hydrogen-bond donors (Lipinski definition) is 8. The quantitative estimate of drug-likeness (QED) is 0.158. The molecule has 3 fully saturated rings. The Bertz CT molecular complexity index is 1440. The van der Waals surface area contributed by atoms with Crippen LogP contribution in [0.2, 0.25) is 0 Å². The maximum Gasteiger partial charge on any atom is 0.229 e. The number of aliphatic hydroxyl groups is 8. The van der Waals surface area contributed by atoms with Crippen LogP contribution >= 0.6 is 0 Å². The fourth-order valence-electron chi connectivity index (χ4n) is 10.3. The molecular weight excluding hydrogens is 640 g/mol. The SMILES string of the molecule is CC(C)(O)CCC(=O)[C@](C)(O)[C@H]1[C@H](O)C[C@@]2(C)[C@@H]3[C@@H](O)C=C4[C@@H](C=C(O[C@@H]5O[C@H](CO)[C@@H](O)[C@H](O)[C@H]5O)C(=O)C4(C)C)[C@]3(C)C(=O)C[C@]12C. The number of rotatable bonds is 8. The van der Waals surface area contributed by atoms with Gasteiger partial charge in [0.1, 0.15) is 35.8 Å². The molecule has 4 aliphatic carbocycles. The Morgan fingerprint density at radius 1 is 0.939 bits per heavy atom. The predicted octanol–water partition coefficient (Wildman–Crippen LogP) is 0.0727. The van der Waals surface area contributed by atoms with Crippen molar-refractivity contribution >= 4 is 17.3 Å². The lowest BCUT2D eigenvalue weighted by atomic mass is 9.38. The van der Waals surface area contributed by atoms with Crippen LogP contribution in [0.4, 0.5) is 0 Å². The van der Waals surface area contributed by atoms with Crippen molar-refractivity contribution in [1.29, 1.82) is 0 Å². The van der Waals surface area contributed by atoms with Gasteiger partial charge in [0.25, 0.3) is 0 Å². The zero-order chi connectivity index (χ0) is 37.0. The average Bonchev–Trinajstić information content (AvgIpc) is 3.19. The maximum atomic E-state index is 14.7. The van der Waals surface area contributed by atoms with E-state index >= 15 is 0 Å². The normalized spacial score (nSPS) is 46.1. The highest BCUT2D eigenvalue weighted by atomic mass is 16.7. The molecule has 1 saturated heterocycles. The molecular formula is C36H54O13. The van der Waals surface area contributed by atoms with Crippen LogP contribution in [0, 0.1) is 39.4 Å². The van der Waals surface area contributed by atoms with Crippen LogP contribution in [0.3, 0.4) is 0 Å². The summed E-state index contributed by atoms with van der Waals surface area (Å²) >= 11 is 0. The van der Waals surface area contributed by atoms with Crippen molar-refractivity contribution in [3.63, 3.8) is 0 Å². The molecule has 0 radical (unpaired) electrons. The first-order valence-corrected chi connectivity index (χ1v) is 17.1. The van der Waals surface area contributed by atoms with Gasteiger partial charge in [-0.25, -0.2) is 0 Å². The molecule has 5 aliphatic rings. The van der Waals surface area contributed by atoms with Crippen molar-refractivity contribution in [1.82, 2.24) is 0 Å². The van der Waals surface area contributed by atoms with Gasteiger partial charge in [-0.15, -0.1) is 0 Å². The summed E-state index contributed by atoms with van der Waals surface area (Å²) in [7, 11) is 0. The number of ketones is 3. The molecule has 2 saturated carbocycles. The van der Waals surface area contributed by atoms with E-state index in [2.05, 4.69) is 0 Å². The minimum absolute atomic E-state index is 0.0594. The second-order valence-electron chi connectivity index (χ2n) is 17.2. The minimum Gasteiger partial charge on any atom is -0.459 e. The molecule has 13 heteroatoms. The molecule has 49 heavy (non-hydrogen) atoms. The zero-order valence-electron chi connectivity index (χ0n) is 29.6. The van der Waals surface area contributed by atoms with Gasteiger partial charge in [-0.1, -0.05) is 32.4 Å². The van der Waals surface area contributed by atoms with E-state index in [-0.39, 0.29) is 37.2 Å². The Morgan fingerprint density at radius 2 is 1.55 bits per heavy atom. The minimum atomic E-state index is -2.06. The van der Waals surface area contributed by atoms with Gasteiger partial charge < -0.3 is 50.3 Å². The molecule has 13 nitrogen and oxygen atoms in total. The molecule has 5 rings (SSSR count). The summed E-state index contributed by atoms with van der Waals surface area (Å²) in [6.07, 6.45) is -7.68. The molecule has 0 aromatic heterocycles. The molecule has 14 atom stereocenters. The summed E-state index contributed by atoms with van der Waals surface area (Å²) < 4.78 is 11.4. The van der Waals surface area contributed by atoms with Crippen LogP contribution in [0.5, 0.6) is 0 Å². The third-order valence-electron chi connectivity index (χ3n) is 13.2. The van der Waals surface area contributed by atoms with Gasteiger partial charge in [-0.05, 0) is 64.4 Å². The number of aliphatic hydroxyl groups excluding tert-OH is 6. The molecule has 0 amide bonds. The van der Waals surface area contributed by atoms with Crippen LogP contribution in [-0.2, 0) is 23.9 Å². The highest BCUT2D eigenvalue weighted by molar-refractivity contribution is 6.02. The van der Waals surface area contributed by atoms with Crippen molar-refractivity contribution < 1.29 is 64.7 Å². The van der Waals surface area contributed by atoms with Crippen molar-refractivity contribution in [2.75, 3.05) is 6.61 Å².